The third kappa shape index (κ3) is 3.39. The van der Waals surface area contributed by atoms with Gasteiger partial charge < -0.3 is 10.6 Å². The Morgan fingerprint density at radius 1 is 1.17 bits per heavy atom. The van der Waals surface area contributed by atoms with E-state index in [1.807, 2.05) is 5.38 Å². The first-order chi connectivity index (χ1) is 14.5. The molecule has 2 aromatic rings. The maximum Gasteiger partial charge on any atom is 0.325 e. The molecule has 30 heavy (non-hydrogen) atoms. The van der Waals surface area contributed by atoms with Gasteiger partial charge in [0.1, 0.15) is 5.54 Å². The van der Waals surface area contributed by atoms with E-state index < -0.39 is 5.54 Å². The van der Waals surface area contributed by atoms with Gasteiger partial charge in [-0.15, -0.1) is 11.3 Å². The maximum atomic E-state index is 12.7. The predicted octanol–water partition coefficient (Wildman–Crippen LogP) is 3.49. The molecule has 4 amide bonds. The third-order valence-corrected chi connectivity index (χ3v) is 7.17. The second-order valence-corrected chi connectivity index (χ2v) is 9.21. The van der Waals surface area contributed by atoms with E-state index >= 15 is 0 Å². The molecule has 3 aliphatic rings. The number of aromatic nitrogens is 1. The van der Waals surface area contributed by atoms with Crippen molar-refractivity contribution < 1.29 is 14.4 Å². The highest BCUT2D eigenvalue weighted by molar-refractivity contribution is 7.14. The van der Waals surface area contributed by atoms with Crippen LogP contribution in [0.3, 0.4) is 0 Å². The van der Waals surface area contributed by atoms with E-state index in [9.17, 15) is 14.4 Å². The van der Waals surface area contributed by atoms with Gasteiger partial charge in [-0.3, -0.25) is 14.5 Å². The molecule has 2 heterocycles. The first-order valence-corrected chi connectivity index (χ1v) is 11.4. The van der Waals surface area contributed by atoms with Crippen LogP contribution in [0.15, 0.2) is 23.6 Å². The molecular weight excluding hydrogens is 400 g/mol. The molecule has 8 heteroatoms. The molecule has 1 aliphatic heterocycles. The van der Waals surface area contributed by atoms with Crippen LogP contribution >= 0.6 is 11.3 Å². The Labute approximate surface area is 178 Å². The molecule has 1 saturated heterocycles. The molecule has 1 saturated carbocycles. The zero-order chi connectivity index (χ0) is 20.7. The van der Waals surface area contributed by atoms with E-state index in [2.05, 4.69) is 33.8 Å². The van der Waals surface area contributed by atoms with Crippen LogP contribution in [0, 0.1) is 0 Å². The minimum absolute atomic E-state index is 0.0585. The quantitative estimate of drug-likeness (QED) is 0.719. The Bertz CT molecular complexity index is 1030. The van der Waals surface area contributed by atoms with Crippen LogP contribution in [0.4, 0.5) is 9.93 Å². The number of urea groups is 1. The normalized spacial score (nSPS) is 19.4. The zero-order valence-corrected chi connectivity index (χ0v) is 17.5. The van der Waals surface area contributed by atoms with Crippen LogP contribution in [0.1, 0.15) is 49.7 Å². The van der Waals surface area contributed by atoms with Crippen molar-refractivity contribution in [3.05, 3.63) is 34.7 Å². The molecule has 2 aliphatic carbocycles. The number of hydrogen-bond donors (Lipinski definition) is 2. The van der Waals surface area contributed by atoms with Gasteiger partial charge in [0.15, 0.2) is 5.13 Å². The molecule has 0 unspecified atom stereocenters. The van der Waals surface area contributed by atoms with Crippen LogP contribution in [0.5, 0.6) is 0 Å². The van der Waals surface area contributed by atoms with E-state index in [0.29, 0.717) is 18.0 Å². The summed E-state index contributed by atoms with van der Waals surface area (Å²) in [5.74, 6) is -0.441. The number of carbonyl (C=O) groups is 3. The lowest BCUT2D eigenvalue weighted by Gasteiger charge is -2.19. The third-order valence-electron chi connectivity index (χ3n) is 6.41. The van der Waals surface area contributed by atoms with Crippen molar-refractivity contribution >= 4 is 34.3 Å². The van der Waals surface area contributed by atoms with Crippen molar-refractivity contribution in [1.82, 2.24) is 15.2 Å². The number of imide groups is 1. The van der Waals surface area contributed by atoms with Gasteiger partial charge in [-0.1, -0.05) is 25.0 Å². The average molecular weight is 425 g/mol. The summed E-state index contributed by atoms with van der Waals surface area (Å²) in [6.45, 7) is 0.0846. The predicted molar refractivity (Wildman–Crippen MR) is 114 cm³/mol. The van der Waals surface area contributed by atoms with E-state index in [0.717, 1.165) is 36.9 Å². The number of thiazole rings is 1. The summed E-state index contributed by atoms with van der Waals surface area (Å²) in [4.78, 5) is 43.0. The highest BCUT2D eigenvalue weighted by Crippen LogP contribution is 2.35. The SMILES string of the molecule is O=C(CCN1C(=O)NC2(CCCC2)C1=O)Nc1nc(-c2ccc3c(c2)CCC3)cs1. The maximum absolute atomic E-state index is 12.7. The lowest BCUT2D eigenvalue weighted by Crippen LogP contribution is -2.44. The van der Waals surface area contributed by atoms with E-state index in [1.54, 1.807) is 0 Å². The number of nitrogens with one attached hydrogen (secondary N) is 2. The number of hydrogen-bond acceptors (Lipinski definition) is 5. The first kappa shape index (κ1) is 19.2. The topological polar surface area (TPSA) is 91.4 Å². The molecule has 0 atom stereocenters. The molecule has 156 valence electrons. The summed E-state index contributed by atoms with van der Waals surface area (Å²) < 4.78 is 0. The summed E-state index contributed by atoms with van der Waals surface area (Å²) in [5, 5.41) is 8.10. The number of rotatable bonds is 5. The second kappa shape index (κ2) is 7.50. The first-order valence-electron chi connectivity index (χ1n) is 10.6. The van der Waals surface area contributed by atoms with Crippen molar-refractivity contribution in [2.24, 2.45) is 0 Å². The van der Waals surface area contributed by atoms with E-state index in [4.69, 9.17) is 0 Å². The molecule has 1 aromatic heterocycles. The van der Waals surface area contributed by atoms with Gasteiger partial charge in [0.05, 0.1) is 5.69 Å². The second-order valence-electron chi connectivity index (χ2n) is 8.35. The number of carbonyl (C=O) groups excluding carboxylic acids is 3. The van der Waals surface area contributed by atoms with Crippen molar-refractivity contribution in [2.45, 2.75) is 56.9 Å². The molecule has 7 nitrogen and oxygen atoms in total. The lowest BCUT2D eigenvalue weighted by atomic mass is 9.98. The number of aryl methyl sites for hydroxylation is 2. The molecule has 2 fully saturated rings. The lowest BCUT2D eigenvalue weighted by molar-refractivity contribution is -0.131. The Morgan fingerprint density at radius 3 is 2.80 bits per heavy atom. The van der Waals surface area contributed by atoms with Gasteiger partial charge in [-0.05, 0) is 49.3 Å². The Morgan fingerprint density at radius 2 is 1.97 bits per heavy atom. The smallest absolute Gasteiger partial charge is 0.323 e. The van der Waals surface area contributed by atoms with Gasteiger partial charge in [0.2, 0.25) is 5.91 Å². The van der Waals surface area contributed by atoms with Gasteiger partial charge in [-0.2, -0.15) is 0 Å². The van der Waals surface area contributed by atoms with E-state index in [1.165, 1.54) is 33.8 Å². The van der Waals surface area contributed by atoms with Crippen LogP contribution in [-0.4, -0.2) is 39.8 Å². The number of nitrogens with zero attached hydrogens (tertiary/aromatic N) is 2. The van der Waals surface area contributed by atoms with Gasteiger partial charge >= 0.3 is 6.03 Å². The molecule has 1 spiro atoms. The van der Waals surface area contributed by atoms with Gasteiger partial charge in [0.25, 0.3) is 5.91 Å². The molecule has 2 N–H and O–H groups in total. The fourth-order valence-corrected chi connectivity index (χ4v) is 5.52. The van der Waals surface area contributed by atoms with Crippen molar-refractivity contribution in [1.29, 1.82) is 0 Å². The fourth-order valence-electron chi connectivity index (χ4n) is 4.79. The highest BCUT2D eigenvalue weighted by Gasteiger charge is 2.52. The fraction of sp³-hybridized carbons (Fsp3) is 0.455. The zero-order valence-electron chi connectivity index (χ0n) is 16.7. The monoisotopic (exact) mass is 424 g/mol. The molecule has 0 radical (unpaired) electrons. The summed E-state index contributed by atoms with van der Waals surface area (Å²) >= 11 is 1.38. The average Bonchev–Trinajstić information content (AvgIpc) is 3.50. The van der Waals surface area contributed by atoms with Crippen LogP contribution in [0.25, 0.3) is 11.3 Å². The number of amides is 4. The van der Waals surface area contributed by atoms with Crippen LogP contribution in [0.2, 0.25) is 0 Å². The number of anilines is 1. The Hall–Kier alpha value is -2.74. The Balaban J connectivity index is 1.19. The Kier molecular flexibility index (Phi) is 4.81. The largest absolute Gasteiger partial charge is 0.325 e. The summed E-state index contributed by atoms with van der Waals surface area (Å²) in [5.41, 5.74) is 3.99. The minimum Gasteiger partial charge on any atom is -0.323 e. The standard InChI is InChI=1S/C22H24N4O3S/c27-18(8-11-26-19(28)22(25-21(26)29)9-1-2-10-22)24-20-23-17(13-30-20)16-7-6-14-4-3-5-15(14)12-16/h6-7,12-13H,1-5,8-11H2,(H,25,29)(H,23,24,27). The van der Waals surface area contributed by atoms with Crippen molar-refractivity contribution in [3.8, 4) is 11.3 Å². The van der Waals surface area contributed by atoms with Gasteiger partial charge in [-0.25, -0.2) is 9.78 Å². The highest BCUT2D eigenvalue weighted by atomic mass is 32.1. The molecular formula is C22H24N4O3S. The van der Waals surface area contributed by atoms with E-state index in [-0.39, 0.29) is 30.8 Å². The summed E-state index contributed by atoms with van der Waals surface area (Å²) in [7, 11) is 0. The summed E-state index contributed by atoms with van der Waals surface area (Å²) in [6.07, 6.45) is 6.77. The molecule has 5 rings (SSSR count). The van der Waals surface area contributed by atoms with Gasteiger partial charge in [0, 0.05) is 23.9 Å². The minimum atomic E-state index is -0.729. The van der Waals surface area contributed by atoms with Crippen LogP contribution < -0.4 is 10.6 Å². The number of benzene rings is 1. The van der Waals surface area contributed by atoms with Crippen molar-refractivity contribution in [3.63, 3.8) is 0 Å². The number of fused-ring (bicyclic) bond motifs is 1. The van der Waals surface area contributed by atoms with Crippen molar-refractivity contribution in [2.75, 3.05) is 11.9 Å². The molecule has 1 aromatic carbocycles. The summed E-state index contributed by atoms with van der Waals surface area (Å²) in [6, 6.07) is 6.06. The molecule has 0 bridgehead atoms. The van der Waals surface area contributed by atoms with Crippen LogP contribution in [-0.2, 0) is 22.4 Å².